The molecule has 1 atom stereocenters. The van der Waals surface area contributed by atoms with Gasteiger partial charge in [0.2, 0.25) is 0 Å². The number of hydrogen-bond donors (Lipinski definition) is 2. The van der Waals surface area contributed by atoms with Gasteiger partial charge in [-0.1, -0.05) is 12.1 Å². The summed E-state index contributed by atoms with van der Waals surface area (Å²) in [5, 5.41) is 13.2. The first kappa shape index (κ1) is 15.3. The highest BCUT2D eigenvalue weighted by Crippen LogP contribution is 2.25. The van der Waals surface area contributed by atoms with Gasteiger partial charge in [0, 0.05) is 12.1 Å². The number of hydrogen-bond acceptors (Lipinski definition) is 3. The lowest BCUT2D eigenvalue weighted by Gasteiger charge is -2.32. The molecule has 1 saturated carbocycles. The molecule has 0 radical (unpaired) electrons. The quantitative estimate of drug-likeness (QED) is 0.860. The van der Waals surface area contributed by atoms with Crippen molar-refractivity contribution in [2.24, 2.45) is 0 Å². The molecule has 0 unspecified atom stereocenters. The zero-order valence-corrected chi connectivity index (χ0v) is 12.8. The van der Waals surface area contributed by atoms with Gasteiger partial charge in [0.25, 0.3) is 0 Å². The molecule has 1 aliphatic carbocycles. The second-order valence-electron chi connectivity index (χ2n) is 6.14. The minimum atomic E-state index is 0.273. The van der Waals surface area contributed by atoms with Crippen molar-refractivity contribution in [2.75, 3.05) is 0 Å². The Balaban J connectivity index is 1.80. The molecule has 1 aromatic rings. The van der Waals surface area contributed by atoms with Gasteiger partial charge < -0.3 is 15.2 Å². The summed E-state index contributed by atoms with van der Waals surface area (Å²) in [7, 11) is 0. The van der Waals surface area contributed by atoms with Crippen LogP contribution in [0.2, 0.25) is 0 Å². The Hall–Kier alpha value is -1.06. The standard InChI is InChI=1S/C17H27NO2/c1-12(2)20-17-9-7-15(8-10-17)18-13(3)14-5-4-6-16(19)11-14/h4-6,11-13,15,17-19H,7-10H2,1-3H3/t13-,15?,17?/m0/s1. The first-order valence-electron chi connectivity index (χ1n) is 7.75. The van der Waals surface area contributed by atoms with E-state index in [0.717, 1.165) is 18.4 Å². The zero-order chi connectivity index (χ0) is 14.5. The van der Waals surface area contributed by atoms with E-state index in [2.05, 4.69) is 32.2 Å². The first-order chi connectivity index (χ1) is 9.54. The van der Waals surface area contributed by atoms with Crippen molar-refractivity contribution in [3.8, 4) is 5.75 Å². The number of phenolic OH excluding ortho intramolecular Hbond substituents is 1. The summed E-state index contributed by atoms with van der Waals surface area (Å²) in [6, 6.07) is 8.34. The fourth-order valence-electron chi connectivity index (χ4n) is 2.99. The van der Waals surface area contributed by atoms with Crippen molar-refractivity contribution in [1.82, 2.24) is 5.32 Å². The number of phenols is 1. The van der Waals surface area contributed by atoms with E-state index in [0.29, 0.717) is 24.0 Å². The zero-order valence-electron chi connectivity index (χ0n) is 12.8. The van der Waals surface area contributed by atoms with E-state index in [4.69, 9.17) is 4.74 Å². The molecule has 0 aromatic heterocycles. The van der Waals surface area contributed by atoms with E-state index in [1.54, 1.807) is 6.07 Å². The molecule has 20 heavy (non-hydrogen) atoms. The second-order valence-corrected chi connectivity index (χ2v) is 6.14. The van der Waals surface area contributed by atoms with Crippen LogP contribution in [0, 0.1) is 0 Å². The van der Waals surface area contributed by atoms with Gasteiger partial charge in [0.1, 0.15) is 5.75 Å². The van der Waals surface area contributed by atoms with Crippen LogP contribution in [-0.2, 0) is 4.74 Å². The maximum absolute atomic E-state index is 9.54. The minimum Gasteiger partial charge on any atom is -0.508 e. The summed E-state index contributed by atoms with van der Waals surface area (Å²) in [5.74, 6) is 0.338. The Morgan fingerprint density at radius 3 is 2.45 bits per heavy atom. The molecule has 3 heteroatoms. The van der Waals surface area contributed by atoms with Crippen molar-refractivity contribution >= 4 is 0 Å². The largest absolute Gasteiger partial charge is 0.508 e. The minimum absolute atomic E-state index is 0.273. The molecule has 2 N–H and O–H groups in total. The fourth-order valence-corrected chi connectivity index (χ4v) is 2.99. The van der Waals surface area contributed by atoms with Crippen LogP contribution >= 0.6 is 0 Å². The third kappa shape index (κ3) is 4.50. The predicted octanol–water partition coefficient (Wildman–Crippen LogP) is 3.78. The smallest absolute Gasteiger partial charge is 0.115 e. The molecule has 0 aliphatic heterocycles. The van der Waals surface area contributed by atoms with Crippen LogP contribution < -0.4 is 5.32 Å². The van der Waals surface area contributed by atoms with Crippen molar-refractivity contribution in [3.63, 3.8) is 0 Å². The van der Waals surface area contributed by atoms with Crippen molar-refractivity contribution in [1.29, 1.82) is 0 Å². The van der Waals surface area contributed by atoms with Crippen LogP contribution in [0.15, 0.2) is 24.3 Å². The van der Waals surface area contributed by atoms with Crippen LogP contribution in [0.5, 0.6) is 5.75 Å². The number of rotatable bonds is 5. The van der Waals surface area contributed by atoms with E-state index < -0.39 is 0 Å². The number of benzene rings is 1. The summed E-state index contributed by atoms with van der Waals surface area (Å²) >= 11 is 0. The highest BCUT2D eigenvalue weighted by atomic mass is 16.5. The number of ether oxygens (including phenoxy) is 1. The van der Waals surface area contributed by atoms with Gasteiger partial charge in [-0.15, -0.1) is 0 Å². The van der Waals surface area contributed by atoms with Gasteiger partial charge in [-0.25, -0.2) is 0 Å². The Bertz CT molecular complexity index is 411. The lowest BCUT2D eigenvalue weighted by Crippen LogP contribution is -2.37. The first-order valence-corrected chi connectivity index (χ1v) is 7.75. The molecule has 2 rings (SSSR count). The van der Waals surface area contributed by atoms with E-state index in [-0.39, 0.29) is 6.04 Å². The van der Waals surface area contributed by atoms with E-state index >= 15 is 0 Å². The topological polar surface area (TPSA) is 41.5 Å². The summed E-state index contributed by atoms with van der Waals surface area (Å²) in [4.78, 5) is 0. The maximum atomic E-state index is 9.54. The summed E-state index contributed by atoms with van der Waals surface area (Å²) in [6.07, 6.45) is 5.38. The van der Waals surface area contributed by atoms with Crippen molar-refractivity contribution in [3.05, 3.63) is 29.8 Å². The second kappa shape index (κ2) is 7.09. The molecule has 0 heterocycles. The molecule has 1 fully saturated rings. The normalized spacial score (nSPS) is 24.8. The molecular formula is C17H27NO2. The third-order valence-corrected chi connectivity index (χ3v) is 3.99. The van der Waals surface area contributed by atoms with Gasteiger partial charge in [-0.2, -0.15) is 0 Å². The molecule has 0 spiro atoms. The monoisotopic (exact) mass is 277 g/mol. The summed E-state index contributed by atoms with van der Waals surface area (Å²) in [6.45, 7) is 6.37. The van der Waals surface area contributed by atoms with Gasteiger partial charge in [0.15, 0.2) is 0 Å². The Morgan fingerprint density at radius 2 is 1.85 bits per heavy atom. The Morgan fingerprint density at radius 1 is 1.15 bits per heavy atom. The molecule has 1 aliphatic rings. The molecule has 3 nitrogen and oxygen atoms in total. The van der Waals surface area contributed by atoms with Gasteiger partial charge in [-0.05, 0) is 64.2 Å². The van der Waals surface area contributed by atoms with Crippen molar-refractivity contribution in [2.45, 2.75) is 70.7 Å². The molecule has 0 amide bonds. The maximum Gasteiger partial charge on any atom is 0.115 e. The molecule has 1 aromatic carbocycles. The third-order valence-electron chi connectivity index (χ3n) is 3.99. The SMILES string of the molecule is CC(C)OC1CCC(N[C@@H](C)c2cccc(O)c2)CC1. The van der Waals surface area contributed by atoms with Crippen molar-refractivity contribution < 1.29 is 9.84 Å². The van der Waals surface area contributed by atoms with Gasteiger partial charge in [0.05, 0.1) is 12.2 Å². The van der Waals surface area contributed by atoms with Crippen LogP contribution in [-0.4, -0.2) is 23.4 Å². The Labute approximate surface area is 122 Å². The van der Waals surface area contributed by atoms with Crippen LogP contribution in [0.3, 0.4) is 0 Å². The van der Waals surface area contributed by atoms with Crippen LogP contribution in [0.1, 0.15) is 58.1 Å². The highest BCUT2D eigenvalue weighted by molar-refractivity contribution is 5.29. The fraction of sp³-hybridized carbons (Fsp3) is 0.647. The number of nitrogens with one attached hydrogen (secondary N) is 1. The summed E-state index contributed by atoms with van der Waals surface area (Å²) in [5.41, 5.74) is 1.14. The molecule has 0 bridgehead atoms. The van der Waals surface area contributed by atoms with E-state index in [9.17, 15) is 5.11 Å². The molecule has 112 valence electrons. The predicted molar refractivity (Wildman–Crippen MR) is 81.9 cm³/mol. The van der Waals surface area contributed by atoms with Gasteiger partial charge >= 0.3 is 0 Å². The van der Waals surface area contributed by atoms with Crippen LogP contribution in [0.4, 0.5) is 0 Å². The molecule has 0 saturated heterocycles. The van der Waals surface area contributed by atoms with E-state index in [1.807, 2.05) is 12.1 Å². The van der Waals surface area contributed by atoms with Crippen LogP contribution in [0.25, 0.3) is 0 Å². The lowest BCUT2D eigenvalue weighted by atomic mass is 9.92. The molecular weight excluding hydrogens is 250 g/mol. The Kier molecular flexibility index (Phi) is 5.44. The number of aromatic hydroxyl groups is 1. The highest BCUT2D eigenvalue weighted by Gasteiger charge is 2.23. The lowest BCUT2D eigenvalue weighted by molar-refractivity contribution is -0.0166. The summed E-state index contributed by atoms with van der Waals surface area (Å²) < 4.78 is 5.88. The van der Waals surface area contributed by atoms with Gasteiger partial charge in [-0.3, -0.25) is 0 Å². The average Bonchev–Trinajstić information content (AvgIpc) is 2.40. The average molecular weight is 277 g/mol. The van der Waals surface area contributed by atoms with E-state index in [1.165, 1.54) is 12.8 Å².